The number of pyridine rings is 1. The number of aromatic nitrogens is 1. The molecule has 1 aliphatic rings. The van der Waals surface area contributed by atoms with Crippen LogP contribution in [-0.2, 0) is 0 Å². The van der Waals surface area contributed by atoms with Crippen LogP contribution in [0.2, 0.25) is 0 Å². The van der Waals surface area contributed by atoms with Gasteiger partial charge >= 0.3 is 0 Å². The number of nitrogens with zero attached hydrogens (tertiary/aromatic N) is 2. The minimum absolute atomic E-state index is 0.857. The highest BCUT2D eigenvalue weighted by Gasteiger charge is 2.06. The monoisotopic (exact) mass is 215 g/mol. The molecule has 0 amide bonds. The molecule has 0 atom stereocenters. The fourth-order valence-corrected chi connectivity index (χ4v) is 1.75. The van der Waals surface area contributed by atoms with Gasteiger partial charge in [-0.25, -0.2) is 0 Å². The molecule has 0 aromatic carbocycles. The Hall–Kier alpha value is -1.37. The topological polar surface area (TPSA) is 28.2 Å². The number of nitrogens with one attached hydrogen (secondary N) is 1. The van der Waals surface area contributed by atoms with Gasteiger partial charge in [0.1, 0.15) is 0 Å². The molecule has 2 heterocycles. The molecule has 0 spiro atoms. The molecule has 2 rings (SSSR count). The van der Waals surface area contributed by atoms with Gasteiger partial charge in [-0.1, -0.05) is 11.8 Å². The van der Waals surface area contributed by atoms with Crippen molar-refractivity contribution < 1.29 is 0 Å². The molecule has 1 aromatic heterocycles. The quantitative estimate of drug-likeness (QED) is 0.697. The lowest BCUT2D eigenvalue weighted by Crippen LogP contribution is -2.43. The first kappa shape index (κ1) is 11.1. The van der Waals surface area contributed by atoms with Crippen molar-refractivity contribution in [3.63, 3.8) is 0 Å². The summed E-state index contributed by atoms with van der Waals surface area (Å²) in [5.41, 5.74) is 2.17. The minimum Gasteiger partial charge on any atom is -0.314 e. The van der Waals surface area contributed by atoms with E-state index >= 15 is 0 Å². The van der Waals surface area contributed by atoms with Crippen molar-refractivity contribution in [2.75, 3.05) is 32.7 Å². The molecular weight excluding hydrogens is 198 g/mol. The van der Waals surface area contributed by atoms with E-state index in [1.54, 1.807) is 0 Å². The van der Waals surface area contributed by atoms with E-state index in [0.29, 0.717) is 0 Å². The molecule has 0 bridgehead atoms. The molecule has 1 saturated heterocycles. The van der Waals surface area contributed by atoms with Gasteiger partial charge in [-0.15, -0.1) is 0 Å². The third kappa shape index (κ3) is 3.34. The van der Waals surface area contributed by atoms with Gasteiger partial charge in [0, 0.05) is 44.1 Å². The molecule has 1 N–H and O–H groups in total. The van der Waals surface area contributed by atoms with E-state index in [1.165, 1.54) is 0 Å². The van der Waals surface area contributed by atoms with Crippen molar-refractivity contribution >= 4 is 0 Å². The van der Waals surface area contributed by atoms with Crippen molar-refractivity contribution in [1.29, 1.82) is 0 Å². The summed E-state index contributed by atoms with van der Waals surface area (Å²) in [6.45, 7) is 7.24. The highest BCUT2D eigenvalue weighted by atomic mass is 15.2. The van der Waals surface area contributed by atoms with Crippen molar-refractivity contribution in [2.45, 2.75) is 6.92 Å². The molecule has 0 radical (unpaired) electrons. The van der Waals surface area contributed by atoms with Crippen LogP contribution in [0.5, 0.6) is 0 Å². The van der Waals surface area contributed by atoms with E-state index in [0.717, 1.165) is 43.9 Å². The summed E-state index contributed by atoms with van der Waals surface area (Å²) in [6, 6.07) is 2.07. The van der Waals surface area contributed by atoms with E-state index in [9.17, 15) is 0 Å². The van der Waals surface area contributed by atoms with Crippen LogP contribution in [0.15, 0.2) is 18.5 Å². The van der Waals surface area contributed by atoms with Crippen LogP contribution in [0, 0.1) is 18.8 Å². The van der Waals surface area contributed by atoms with Crippen LogP contribution < -0.4 is 5.32 Å². The zero-order chi connectivity index (χ0) is 11.2. The zero-order valence-corrected chi connectivity index (χ0v) is 9.66. The number of piperazine rings is 1. The lowest BCUT2D eigenvalue weighted by atomic mass is 10.2. The predicted octanol–water partition coefficient (Wildman–Crippen LogP) is 0.647. The molecule has 1 aliphatic heterocycles. The molecule has 1 fully saturated rings. The van der Waals surface area contributed by atoms with Gasteiger partial charge in [0.25, 0.3) is 0 Å². The van der Waals surface area contributed by atoms with Crippen molar-refractivity contribution in [3.05, 3.63) is 29.6 Å². The lowest BCUT2D eigenvalue weighted by Gasteiger charge is -2.24. The molecule has 0 saturated carbocycles. The Balaban J connectivity index is 1.89. The average Bonchev–Trinajstić information content (AvgIpc) is 2.30. The van der Waals surface area contributed by atoms with Crippen LogP contribution in [-0.4, -0.2) is 42.6 Å². The van der Waals surface area contributed by atoms with Crippen molar-refractivity contribution in [2.24, 2.45) is 0 Å². The Morgan fingerprint density at radius 2 is 2.19 bits per heavy atom. The summed E-state index contributed by atoms with van der Waals surface area (Å²) >= 11 is 0. The first-order valence-corrected chi connectivity index (χ1v) is 5.68. The maximum atomic E-state index is 4.12. The smallest absolute Gasteiger partial charge is 0.0606 e. The van der Waals surface area contributed by atoms with Gasteiger partial charge in [0.2, 0.25) is 0 Å². The maximum absolute atomic E-state index is 4.12. The van der Waals surface area contributed by atoms with Crippen molar-refractivity contribution in [3.8, 4) is 11.8 Å². The Morgan fingerprint density at radius 3 is 2.94 bits per heavy atom. The third-order valence-electron chi connectivity index (χ3n) is 2.62. The highest BCUT2D eigenvalue weighted by Crippen LogP contribution is 1.98. The van der Waals surface area contributed by atoms with Gasteiger partial charge in [0.05, 0.1) is 6.54 Å². The lowest BCUT2D eigenvalue weighted by molar-refractivity contribution is 0.268. The number of hydrogen-bond acceptors (Lipinski definition) is 3. The zero-order valence-electron chi connectivity index (χ0n) is 9.66. The molecule has 0 unspecified atom stereocenters. The van der Waals surface area contributed by atoms with E-state index in [-0.39, 0.29) is 0 Å². The average molecular weight is 215 g/mol. The highest BCUT2D eigenvalue weighted by molar-refractivity contribution is 5.34. The first-order valence-electron chi connectivity index (χ1n) is 5.68. The van der Waals surface area contributed by atoms with Gasteiger partial charge < -0.3 is 5.32 Å². The second kappa shape index (κ2) is 5.64. The fraction of sp³-hybridized carbons (Fsp3) is 0.462. The van der Waals surface area contributed by atoms with Crippen LogP contribution in [0.1, 0.15) is 11.1 Å². The van der Waals surface area contributed by atoms with Gasteiger partial charge in [-0.2, -0.15) is 0 Å². The maximum Gasteiger partial charge on any atom is 0.0606 e. The molecule has 1 aromatic rings. The molecule has 3 heteroatoms. The minimum atomic E-state index is 0.857. The van der Waals surface area contributed by atoms with Crippen LogP contribution in [0.25, 0.3) is 0 Å². The summed E-state index contributed by atoms with van der Waals surface area (Å²) in [5.74, 6) is 6.36. The summed E-state index contributed by atoms with van der Waals surface area (Å²) in [7, 11) is 0. The van der Waals surface area contributed by atoms with Crippen LogP contribution in [0.3, 0.4) is 0 Å². The Labute approximate surface area is 96.9 Å². The summed E-state index contributed by atoms with van der Waals surface area (Å²) < 4.78 is 0. The summed E-state index contributed by atoms with van der Waals surface area (Å²) in [5, 5.41) is 3.33. The van der Waals surface area contributed by atoms with Gasteiger partial charge in [-0.05, 0) is 18.6 Å². The van der Waals surface area contributed by atoms with E-state index in [2.05, 4.69) is 33.1 Å². The van der Waals surface area contributed by atoms with Crippen LogP contribution in [0.4, 0.5) is 0 Å². The standard InChI is InChI=1S/C13H17N3/c1-12-9-13(11-15-10-12)3-2-6-16-7-4-14-5-8-16/h9-11,14H,4-8H2,1H3. The molecular formula is C13H17N3. The fourth-order valence-electron chi connectivity index (χ4n) is 1.75. The van der Waals surface area contributed by atoms with Gasteiger partial charge in [0.15, 0.2) is 0 Å². The van der Waals surface area contributed by atoms with E-state index in [4.69, 9.17) is 0 Å². The predicted molar refractivity (Wildman–Crippen MR) is 65.2 cm³/mol. The van der Waals surface area contributed by atoms with E-state index in [1.807, 2.05) is 19.3 Å². The molecule has 0 aliphatic carbocycles. The number of rotatable bonds is 1. The largest absolute Gasteiger partial charge is 0.314 e. The Kier molecular flexibility index (Phi) is 3.92. The molecule has 3 nitrogen and oxygen atoms in total. The summed E-state index contributed by atoms with van der Waals surface area (Å²) in [6.07, 6.45) is 3.67. The Morgan fingerprint density at radius 1 is 1.38 bits per heavy atom. The van der Waals surface area contributed by atoms with Gasteiger partial charge in [-0.3, -0.25) is 9.88 Å². The summed E-state index contributed by atoms with van der Waals surface area (Å²) in [4.78, 5) is 6.49. The third-order valence-corrected chi connectivity index (χ3v) is 2.62. The van der Waals surface area contributed by atoms with Crippen molar-refractivity contribution in [1.82, 2.24) is 15.2 Å². The second-order valence-corrected chi connectivity index (χ2v) is 4.08. The van der Waals surface area contributed by atoms with E-state index < -0.39 is 0 Å². The molecule has 16 heavy (non-hydrogen) atoms. The second-order valence-electron chi connectivity index (χ2n) is 4.08. The number of aryl methyl sites for hydroxylation is 1. The normalized spacial score (nSPS) is 16.6. The number of hydrogen-bond donors (Lipinski definition) is 1. The first-order chi connectivity index (χ1) is 7.84. The SMILES string of the molecule is Cc1cncc(C#CCN2CCNCC2)c1. The van der Waals surface area contributed by atoms with Crippen LogP contribution >= 0.6 is 0 Å². The Bertz CT molecular complexity index is 397. The molecule has 84 valence electrons.